The Labute approximate surface area is 120 Å². The van der Waals surface area contributed by atoms with Crippen LogP contribution in [-0.2, 0) is 6.42 Å². The Hall–Kier alpha value is -1.62. The number of nitrogens with one attached hydrogen (secondary N) is 1. The minimum absolute atomic E-state index is 0.0606. The summed E-state index contributed by atoms with van der Waals surface area (Å²) in [4.78, 5) is 18.8. The largest absolute Gasteiger partial charge is 0.339 e. The molecular formula is C15H24N4O. The average Bonchev–Trinajstić information content (AvgIpc) is 2.53. The molecular weight excluding hydrogens is 252 g/mol. The number of nitrogen functional groups attached to an aromatic ring is 1. The third-order valence-corrected chi connectivity index (χ3v) is 4.08. The van der Waals surface area contributed by atoms with Gasteiger partial charge < -0.3 is 10.3 Å². The number of carbonyl (C=O) groups is 1. The fourth-order valence-electron chi connectivity index (χ4n) is 2.80. The minimum Gasteiger partial charge on any atom is -0.339 e. The summed E-state index contributed by atoms with van der Waals surface area (Å²) in [5, 5.41) is 0. The Kier molecular flexibility index (Phi) is 4.95. The standard InChI is InChI=1S/C15H24N4O/c1-3-12-9-11(10-14(17-12)18-16)15(20)19(2)13-7-5-4-6-8-13/h9-10,13H,3-8,16H2,1-2H3,(H,17,18). The highest BCUT2D eigenvalue weighted by molar-refractivity contribution is 5.95. The first-order valence-corrected chi connectivity index (χ1v) is 7.40. The fourth-order valence-corrected chi connectivity index (χ4v) is 2.80. The van der Waals surface area contributed by atoms with Crippen molar-refractivity contribution in [3.63, 3.8) is 0 Å². The molecule has 0 aromatic carbocycles. The molecule has 0 bridgehead atoms. The van der Waals surface area contributed by atoms with Crippen LogP contribution >= 0.6 is 0 Å². The van der Waals surface area contributed by atoms with Gasteiger partial charge in [-0.2, -0.15) is 0 Å². The van der Waals surface area contributed by atoms with E-state index in [9.17, 15) is 4.79 Å². The molecule has 1 aromatic heterocycles. The number of aryl methyl sites for hydroxylation is 1. The van der Waals surface area contributed by atoms with Crippen molar-refractivity contribution >= 4 is 11.7 Å². The lowest BCUT2D eigenvalue weighted by Gasteiger charge is -2.31. The Morgan fingerprint density at radius 3 is 2.70 bits per heavy atom. The van der Waals surface area contributed by atoms with Crippen molar-refractivity contribution in [2.24, 2.45) is 5.84 Å². The molecule has 1 heterocycles. The van der Waals surface area contributed by atoms with Crippen molar-refractivity contribution < 1.29 is 4.79 Å². The van der Waals surface area contributed by atoms with Gasteiger partial charge in [0.25, 0.3) is 5.91 Å². The maximum atomic E-state index is 12.6. The fraction of sp³-hybridized carbons (Fsp3) is 0.600. The van der Waals surface area contributed by atoms with E-state index in [-0.39, 0.29) is 5.91 Å². The van der Waals surface area contributed by atoms with Gasteiger partial charge in [-0.15, -0.1) is 0 Å². The number of nitrogens with two attached hydrogens (primary N) is 1. The summed E-state index contributed by atoms with van der Waals surface area (Å²) in [5.74, 6) is 6.03. The summed E-state index contributed by atoms with van der Waals surface area (Å²) in [7, 11) is 1.90. The van der Waals surface area contributed by atoms with Gasteiger partial charge in [0.2, 0.25) is 0 Å². The quantitative estimate of drug-likeness (QED) is 0.654. The van der Waals surface area contributed by atoms with E-state index in [1.54, 1.807) is 6.07 Å². The molecule has 1 saturated carbocycles. The number of anilines is 1. The predicted octanol–water partition coefficient (Wildman–Crippen LogP) is 2.33. The van der Waals surface area contributed by atoms with Crippen LogP contribution in [0, 0.1) is 0 Å². The zero-order chi connectivity index (χ0) is 14.5. The zero-order valence-corrected chi connectivity index (χ0v) is 12.4. The summed E-state index contributed by atoms with van der Waals surface area (Å²) >= 11 is 0. The Morgan fingerprint density at radius 2 is 2.10 bits per heavy atom. The van der Waals surface area contributed by atoms with E-state index in [4.69, 9.17) is 5.84 Å². The Morgan fingerprint density at radius 1 is 1.40 bits per heavy atom. The van der Waals surface area contributed by atoms with Crippen LogP contribution in [0.15, 0.2) is 12.1 Å². The van der Waals surface area contributed by atoms with E-state index < -0.39 is 0 Å². The van der Waals surface area contributed by atoms with E-state index in [2.05, 4.69) is 10.4 Å². The van der Waals surface area contributed by atoms with E-state index in [0.29, 0.717) is 17.4 Å². The third kappa shape index (κ3) is 3.28. The van der Waals surface area contributed by atoms with Crippen LogP contribution in [-0.4, -0.2) is 28.9 Å². The molecule has 110 valence electrons. The maximum absolute atomic E-state index is 12.6. The molecule has 1 aliphatic rings. The van der Waals surface area contributed by atoms with Gasteiger partial charge in [0.15, 0.2) is 0 Å². The molecule has 0 radical (unpaired) electrons. The molecule has 0 spiro atoms. The number of rotatable bonds is 4. The zero-order valence-electron chi connectivity index (χ0n) is 12.4. The van der Waals surface area contributed by atoms with Gasteiger partial charge in [0, 0.05) is 24.3 Å². The molecule has 2 rings (SSSR count). The lowest BCUT2D eigenvalue weighted by Crippen LogP contribution is -2.38. The van der Waals surface area contributed by atoms with E-state index >= 15 is 0 Å². The molecule has 20 heavy (non-hydrogen) atoms. The minimum atomic E-state index is 0.0606. The monoisotopic (exact) mass is 276 g/mol. The second kappa shape index (κ2) is 6.70. The maximum Gasteiger partial charge on any atom is 0.254 e. The number of pyridine rings is 1. The molecule has 1 aliphatic carbocycles. The summed E-state index contributed by atoms with van der Waals surface area (Å²) in [6.07, 6.45) is 6.72. The van der Waals surface area contributed by atoms with E-state index in [1.165, 1.54) is 19.3 Å². The lowest BCUT2D eigenvalue weighted by atomic mass is 9.94. The first kappa shape index (κ1) is 14.8. The second-order valence-electron chi connectivity index (χ2n) is 5.44. The molecule has 5 heteroatoms. The molecule has 0 aliphatic heterocycles. The Bertz CT molecular complexity index is 447. The normalized spacial score (nSPS) is 15.9. The average molecular weight is 276 g/mol. The molecule has 3 N–H and O–H groups in total. The van der Waals surface area contributed by atoms with Crippen molar-refractivity contribution in [1.82, 2.24) is 9.88 Å². The predicted molar refractivity (Wildman–Crippen MR) is 80.4 cm³/mol. The van der Waals surface area contributed by atoms with Crippen LogP contribution in [0.3, 0.4) is 0 Å². The van der Waals surface area contributed by atoms with Gasteiger partial charge in [-0.25, -0.2) is 10.8 Å². The van der Waals surface area contributed by atoms with Crippen molar-refractivity contribution in [2.75, 3.05) is 12.5 Å². The molecule has 5 nitrogen and oxygen atoms in total. The topological polar surface area (TPSA) is 71.2 Å². The van der Waals surface area contributed by atoms with Gasteiger partial charge in [-0.3, -0.25) is 4.79 Å². The third-order valence-electron chi connectivity index (χ3n) is 4.08. The van der Waals surface area contributed by atoms with E-state index in [1.807, 2.05) is 24.9 Å². The van der Waals surface area contributed by atoms with Gasteiger partial charge >= 0.3 is 0 Å². The van der Waals surface area contributed by atoms with Gasteiger partial charge in [-0.1, -0.05) is 26.2 Å². The van der Waals surface area contributed by atoms with Crippen molar-refractivity contribution in [3.8, 4) is 0 Å². The molecule has 0 saturated heterocycles. The van der Waals surface area contributed by atoms with Crippen LogP contribution in [0.5, 0.6) is 0 Å². The summed E-state index contributed by atoms with van der Waals surface area (Å²) in [6.45, 7) is 2.02. The van der Waals surface area contributed by atoms with E-state index in [0.717, 1.165) is 25.0 Å². The van der Waals surface area contributed by atoms with Crippen LogP contribution in [0.4, 0.5) is 5.82 Å². The summed E-state index contributed by atoms with van der Waals surface area (Å²) < 4.78 is 0. The smallest absolute Gasteiger partial charge is 0.254 e. The Balaban J connectivity index is 2.18. The summed E-state index contributed by atoms with van der Waals surface area (Å²) in [6, 6.07) is 3.95. The molecule has 1 fully saturated rings. The number of carbonyl (C=O) groups excluding carboxylic acids is 1. The SMILES string of the molecule is CCc1cc(C(=O)N(C)C2CCCCC2)cc(NN)n1. The number of amides is 1. The van der Waals surface area contributed by atoms with Crippen LogP contribution in [0.2, 0.25) is 0 Å². The van der Waals surface area contributed by atoms with Crippen molar-refractivity contribution in [1.29, 1.82) is 0 Å². The number of hydrazine groups is 1. The van der Waals surface area contributed by atoms with Crippen LogP contribution in [0.25, 0.3) is 0 Å². The molecule has 0 unspecified atom stereocenters. The highest BCUT2D eigenvalue weighted by Crippen LogP contribution is 2.23. The number of aromatic nitrogens is 1. The number of hydrogen-bond acceptors (Lipinski definition) is 4. The number of hydrogen-bond donors (Lipinski definition) is 2. The molecule has 1 aromatic rings. The second-order valence-corrected chi connectivity index (χ2v) is 5.44. The van der Waals surface area contributed by atoms with Crippen LogP contribution < -0.4 is 11.3 Å². The number of nitrogens with zero attached hydrogens (tertiary/aromatic N) is 2. The highest BCUT2D eigenvalue weighted by atomic mass is 16.2. The van der Waals surface area contributed by atoms with Crippen molar-refractivity contribution in [2.45, 2.75) is 51.5 Å². The first-order chi connectivity index (χ1) is 9.65. The van der Waals surface area contributed by atoms with Gasteiger partial charge in [0.05, 0.1) is 0 Å². The molecule has 0 atom stereocenters. The first-order valence-electron chi connectivity index (χ1n) is 7.40. The molecule has 1 amide bonds. The van der Waals surface area contributed by atoms with Gasteiger partial charge in [0.1, 0.15) is 5.82 Å². The van der Waals surface area contributed by atoms with Crippen molar-refractivity contribution in [3.05, 3.63) is 23.4 Å². The summed E-state index contributed by atoms with van der Waals surface area (Å²) in [5.41, 5.74) is 4.07. The highest BCUT2D eigenvalue weighted by Gasteiger charge is 2.23. The van der Waals surface area contributed by atoms with Crippen LogP contribution in [0.1, 0.15) is 55.1 Å². The lowest BCUT2D eigenvalue weighted by molar-refractivity contribution is 0.0696. The van der Waals surface area contributed by atoms with Gasteiger partial charge in [-0.05, 0) is 31.4 Å².